The molecule has 0 unspecified atom stereocenters. The van der Waals surface area contributed by atoms with E-state index < -0.39 is 5.97 Å². The second-order valence-electron chi connectivity index (χ2n) is 9.61. The summed E-state index contributed by atoms with van der Waals surface area (Å²) in [6.45, 7) is 3.19. The lowest BCUT2D eigenvalue weighted by atomic mass is 10.0. The van der Waals surface area contributed by atoms with Gasteiger partial charge in [-0.3, -0.25) is 14.6 Å². The average molecular weight is 518 g/mol. The van der Waals surface area contributed by atoms with Crippen molar-refractivity contribution < 1.29 is 28.9 Å². The number of likely N-dealkylation sites (N-methyl/N-ethyl adjacent to an activating group) is 1. The summed E-state index contributed by atoms with van der Waals surface area (Å²) < 4.78 is 16.6. The number of carbonyl (C=O) groups is 2. The molecule has 9 heteroatoms. The topological polar surface area (TPSA) is 101 Å². The molecule has 9 nitrogen and oxygen atoms in total. The molecule has 1 saturated heterocycles. The largest absolute Gasteiger partial charge is 0.478 e. The first-order valence-electron chi connectivity index (χ1n) is 12.7. The van der Waals surface area contributed by atoms with Crippen LogP contribution in [0.1, 0.15) is 28.8 Å². The summed E-state index contributed by atoms with van der Waals surface area (Å²) in [7, 11) is 1.99. The molecule has 38 heavy (non-hydrogen) atoms. The van der Waals surface area contributed by atoms with Crippen LogP contribution in [0.15, 0.2) is 66.7 Å². The van der Waals surface area contributed by atoms with Gasteiger partial charge in [0.1, 0.15) is 11.5 Å². The molecule has 1 amide bonds. The highest BCUT2D eigenvalue weighted by Gasteiger charge is 2.24. The number of benzene rings is 3. The van der Waals surface area contributed by atoms with Gasteiger partial charge in [0.15, 0.2) is 11.5 Å². The van der Waals surface area contributed by atoms with Crippen molar-refractivity contribution in [2.75, 3.05) is 38.8 Å². The van der Waals surface area contributed by atoms with Crippen molar-refractivity contribution >= 4 is 17.6 Å². The second-order valence-corrected chi connectivity index (χ2v) is 9.61. The number of anilines is 1. The molecule has 0 bridgehead atoms. The van der Waals surface area contributed by atoms with Crippen LogP contribution in [0.5, 0.6) is 23.0 Å². The summed E-state index contributed by atoms with van der Waals surface area (Å²) >= 11 is 0. The van der Waals surface area contributed by atoms with Crippen LogP contribution in [0.2, 0.25) is 0 Å². The Morgan fingerprint density at radius 3 is 2.37 bits per heavy atom. The summed E-state index contributed by atoms with van der Waals surface area (Å²) in [5.41, 5.74) is 2.12. The van der Waals surface area contributed by atoms with Gasteiger partial charge in [-0.25, -0.2) is 4.79 Å². The number of fused-ring (bicyclic) bond motifs is 1. The molecule has 0 atom stereocenters. The van der Waals surface area contributed by atoms with Crippen molar-refractivity contribution in [2.45, 2.75) is 25.4 Å². The molecule has 0 aromatic heterocycles. The lowest BCUT2D eigenvalue weighted by molar-refractivity contribution is -0.117. The molecule has 5 rings (SSSR count). The van der Waals surface area contributed by atoms with Crippen LogP contribution in [0.3, 0.4) is 0 Å². The van der Waals surface area contributed by atoms with Gasteiger partial charge in [0.2, 0.25) is 12.7 Å². The lowest BCUT2D eigenvalue weighted by Gasteiger charge is -2.36. The Morgan fingerprint density at radius 2 is 1.66 bits per heavy atom. The van der Waals surface area contributed by atoms with Gasteiger partial charge in [-0.2, -0.15) is 0 Å². The summed E-state index contributed by atoms with van der Waals surface area (Å²) in [6, 6.07) is 20.1. The normalized spacial score (nSPS) is 15.4. The standard InChI is InChI=1S/C29H31N3O6/c1-31(23-12-14-32(15-13-23)17-20-2-4-21(5-3-20)29(34)35)18-28(33)30-22-6-8-24(9-7-22)38-25-10-11-26-27(16-25)37-19-36-26/h2-11,16,23H,12-15,17-19H2,1H3,(H,30,33)(H,34,35). The molecule has 0 aliphatic carbocycles. The predicted octanol–water partition coefficient (Wildman–Crippen LogP) is 4.44. The van der Waals surface area contributed by atoms with E-state index in [1.54, 1.807) is 18.2 Å². The maximum atomic E-state index is 12.7. The maximum Gasteiger partial charge on any atom is 0.335 e. The molecule has 0 radical (unpaired) electrons. The molecule has 0 spiro atoms. The smallest absolute Gasteiger partial charge is 0.335 e. The van der Waals surface area contributed by atoms with E-state index >= 15 is 0 Å². The van der Waals surface area contributed by atoms with Crippen molar-refractivity contribution in [2.24, 2.45) is 0 Å². The van der Waals surface area contributed by atoms with Gasteiger partial charge < -0.3 is 24.6 Å². The molecule has 2 N–H and O–H groups in total. The van der Waals surface area contributed by atoms with E-state index in [0.29, 0.717) is 46.8 Å². The van der Waals surface area contributed by atoms with Gasteiger partial charge in [-0.1, -0.05) is 12.1 Å². The second kappa shape index (κ2) is 11.5. The Bertz CT molecular complexity index is 1270. The number of hydrogen-bond donors (Lipinski definition) is 2. The van der Waals surface area contributed by atoms with Gasteiger partial charge in [0.05, 0.1) is 12.1 Å². The number of carboxylic acids is 1. The molecule has 2 heterocycles. The van der Waals surface area contributed by atoms with Crippen LogP contribution in [0.25, 0.3) is 0 Å². The number of aromatic carboxylic acids is 1. The summed E-state index contributed by atoms with van der Waals surface area (Å²) in [5.74, 6) is 1.70. The van der Waals surface area contributed by atoms with Crippen LogP contribution in [-0.2, 0) is 11.3 Å². The summed E-state index contributed by atoms with van der Waals surface area (Å²) in [6.07, 6.45) is 1.95. The number of nitrogens with zero attached hydrogens (tertiary/aromatic N) is 2. The van der Waals surface area contributed by atoms with Crippen molar-refractivity contribution in [3.63, 3.8) is 0 Å². The SMILES string of the molecule is CN(CC(=O)Nc1ccc(Oc2ccc3c(c2)OCO3)cc1)C1CCN(Cc2ccc(C(=O)O)cc2)CC1. The lowest BCUT2D eigenvalue weighted by Crippen LogP contribution is -2.45. The van der Waals surface area contributed by atoms with Gasteiger partial charge in [0.25, 0.3) is 0 Å². The molecular formula is C29H31N3O6. The van der Waals surface area contributed by atoms with E-state index in [9.17, 15) is 9.59 Å². The van der Waals surface area contributed by atoms with Gasteiger partial charge in [-0.05, 0) is 87.1 Å². The number of hydrogen-bond acceptors (Lipinski definition) is 7. The Hall–Kier alpha value is -4.08. The average Bonchev–Trinajstić information content (AvgIpc) is 3.38. The minimum Gasteiger partial charge on any atom is -0.478 e. The molecule has 3 aromatic carbocycles. The third-order valence-electron chi connectivity index (χ3n) is 6.90. The molecule has 1 fully saturated rings. The van der Waals surface area contributed by atoms with Gasteiger partial charge in [-0.15, -0.1) is 0 Å². The zero-order valence-corrected chi connectivity index (χ0v) is 21.3. The van der Waals surface area contributed by atoms with E-state index in [1.807, 2.05) is 55.6 Å². The third-order valence-corrected chi connectivity index (χ3v) is 6.90. The Labute approximate surface area is 221 Å². The Morgan fingerprint density at radius 1 is 0.974 bits per heavy atom. The van der Waals surface area contributed by atoms with E-state index in [-0.39, 0.29) is 12.7 Å². The van der Waals surface area contributed by atoms with Gasteiger partial charge >= 0.3 is 5.97 Å². The number of rotatable bonds is 9. The first kappa shape index (κ1) is 25.6. The highest BCUT2D eigenvalue weighted by molar-refractivity contribution is 5.92. The monoisotopic (exact) mass is 517 g/mol. The van der Waals surface area contributed by atoms with E-state index in [1.165, 1.54) is 0 Å². The van der Waals surface area contributed by atoms with Gasteiger partial charge in [0, 0.05) is 24.3 Å². The molecular weight excluding hydrogens is 486 g/mol. The van der Waals surface area contributed by atoms with E-state index in [2.05, 4.69) is 15.1 Å². The fraction of sp³-hybridized carbons (Fsp3) is 0.310. The van der Waals surface area contributed by atoms with Crippen LogP contribution in [0, 0.1) is 0 Å². The molecule has 3 aromatic rings. The number of carboxylic acid groups (broad SMARTS) is 1. The van der Waals surface area contributed by atoms with Crippen LogP contribution in [-0.4, -0.2) is 66.3 Å². The maximum absolute atomic E-state index is 12.7. The van der Waals surface area contributed by atoms with E-state index in [0.717, 1.165) is 38.0 Å². The van der Waals surface area contributed by atoms with Crippen molar-refractivity contribution in [3.05, 3.63) is 77.9 Å². The summed E-state index contributed by atoms with van der Waals surface area (Å²) in [4.78, 5) is 28.2. The molecule has 2 aliphatic heterocycles. The third kappa shape index (κ3) is 6.42. The van der Waals surface area contributed by atoms with Crippen LogP contribution in [0.4, 0.5) is 5.69 Å². The number of ether oxygens (including phenoxy) is 3. The van der Waals surface area contributed by atoms with Crippen LogP contribution >= 0.6 is 0 Å². The number of amides is 1. The quantitative estimate of drug-likeness (QED) is 0.430. The fourth-order valence-electron chi connectivity index (χ4n) is 4.77. The van der Waals surface area contributed by atoms with Crippen molar-refractivity contribution in [1.29, 1.82) is 0 Å². The number of likely N-dealkylation sites (tertiary alicyclic amines) is 1. The predicted molar refractivity (Wildman–Crippen MR) is 142 cm³/mol. The highest BCUT2D eigenvalue weighted by atomic mass is 16.7. The minimum absolute atomic E-state index is 0.0575. The van der Waals surface area contributed by atoms with Crippen molar-refractivity contribution in [1.82, 2.24) is 9.80 Å². The summed E-state index contributed by atoms with van der Waals surface area (Å²) in [5, 5.41) is 12.0. The van der Waals surface area contributed by atoms with Crippen molar-refractivity contribution in [3.8, 4) is 23.0 Å². The number of nitrogens with one attached hydrogen (secondary N) is 1. The Kier molecular flexibility index (Phi) is 7.76. The number of piperidine rings is 1. The molecule has 2 aliphatic rings. The Balaban J connectivity index is 1.05. The number of carbonyl (C=O) groups excluding carboxylic acids is 1. The first-order valence-corrected chi connectivity index (χ1v) is 12.7. The van der Waals surface area contributed by atoms with E-state index in [4.69, 9.17) is 19.3 Å². The molecule has 0 saturated carbocycles. The molecule has 198 valence electrons. The highest BCUT2D eigenvalue weighted by Crippen LogP contribution is 2.36. The fourth-order valence-corrected chi connectivity index (χ4v) is 4.77. The van der Waals surface area contributed by atoms with Crippen LogP contribution < -0.4 is 19.5 Å². The minimum atomic E-state index is -0.909. The first-order chi connectivity index (χ1) is 18.4. The zero-order chi connectivity index (χ0) is 26.5. The zero-order valence-electron chi connectivity index (χ0n) is 21.3.